The number of hydrogen-bond donors (Lipinski definition) is 5. The molecule has 6 N–H and O–H groups in total. The van der Waals surface area contributed by atoms with Gasteiger partial charge in [-0.2, -0.15) is 0 Å². The normalized spacial score (nSPS) is 17.4. The van der Waals surface area contributed by atoms with Crippen molar-refractivity contribution in [1.29, 1.82) is 0 Å². The van der Waals surface area contributed by atoms with Crippen LogP contribution in [-0.4, -0.2) is 113 Å². The van der Waals surface area contributed by atoms with Crippen LogP contribution in [0.1, 0.15) is 43.2 Å². The number of nitrogens with one attached hydrogen (secondary N) is 3. The number of amides is 6. The minimum atomic E-state index is -1.01. The number of fused-ring (bicyclic) bond motifs is 1. The van der Waals surface area contributed by atoms with Gasteiger partial charge in [0, 0.05) is 82.0 Å². The van der Waals surface area contributed by atoms with Gasteiger partial charge >= 0.3 is 12.1 Å². The van der Waals surface area contributed by atoms with Crippen LogP contribution < -0.4 is 26.6 Å². The number of urea groups is 2. The fourth-order valence-corrected chi connectivity index (χ4v) is 8.87. The van der Waals surface area contributed by atoms with Crippen molar-refractivity contribution < 1.29 is 24.3 Å². The molecule has 2 atom stereocenters. The average Bonchev–Trinajstić information content (AvgIpc) is 3.19. The van der Waals surface area contributed by atoms with E-state index in [9.17, 15) is 24.3 Å². The summed E-state index contributed by atoms with van der Waals surface area (Å²) >= 11 is 5.42. The van der Waals surface area contributed by atoms with Crippen LogP contribution in [-0.2, 0) is 22.6 Å². The number of nitrogens with two attached hydrogens (primary N) is 1. The van der Waals surface area contributed by atoms with E-state index in [0.29, 0.717) is 92.5 Å². The van der Waals surface area contributed by atoms with Gasteiger partial charge in [0.25, 0.3) is 0 Å². The lowest BCUT2D eigenvalue weighted by Crippen LogP contribution is -2.59. The monoisotopic (exact) mass is 915 g/mol. The summed E-state index contributed by atoms with van der Waals surface area (Å²) in [4.78, 5) is 66.6. The van der Waals surface area contributed by atoms with E-state index in [2.05, 4.69) is 41.8 Å². The Kier molecular flexibility index (Phi) is 13.5. The second-order valence-electron chi connectivity index (χ2n) is 13.9. The van der Waals surface area contributed by atoms with Crippen LogP contribution in [0, 0.1) is 3.57 Å². The summed E-state index contributed by atoms with van der Waals surface area (Å²) in [5.41, 5.74) is 9.43. The number of nitrogens with zero attached hydrogens (tertiary/aromatic N) is 5. The summed E-state index contributed by atoms with van der Waals surface area (Å²) in [5, 5.41) is 19.3. The van der Waals surface area contributed by atoms with Gasteiger partial charge in [0.1, 0.15) is 17.8 Å². The number of carbonyl (C=O) groups excluding carboxylic acids is 4. The zero-order valence-electron chi connectivity index (χ0n) is 30.1. The highest BCUT2D eigenvalue weighted by molar-refractivity contribution is 14.1. The minimum absolute atomic E-state index is 0.0372. The molecule has 3 aromatic rings. The van der Waals surface area contributed by atoms with Gasteiger partial charge in [-0.1, -0.05) is 18.2 Å². The number of piperazine rings is 1. The fourth-order valence-electron chi connectivity index (χ4n) is 7.30. The molecule has 2 aromatic carbocycles. The van der Waals surface area contributed by atoms with Gasteiger partial charge < -0.3 is 46.4 Å². The molecule has 0 aliphatic carbocycles. The molecule has 2 unspecified atom stereocenters. The second kappa shape index (κ2) is 18.4. The van der Waals surface area contributed by atoms with E-state index in [-0.39, 0.29) is 30.2 Å². The van der Waals surface area contributed by atoms with Crippen LogP contribution in [0.15, 0.2) is 65.4 Å². The third-order valence-corrected chi connectivity index (χ3v) is 11.8. The van der Waals surface area contributed by atoms with Gasteiger partial charge in [-0.05, 0) is 119 Å². The number of aromatic hydroxyl groups is 1. The number of carbonyl (C=O) groups is 4. The number of phenolic OH excluding ortho intramolecular Hbond substituents is 1. The van der Waals surface area contributed by atoms with Gasteiger partial charge in [0.2, 0.25) is 11.8 Å². The summed E-state index contributed by atoms with van der Waals surface area (Å²) in [6, 6.07) is 12.8. The van der Waals surface area contributed by atoms with Gasteiger partial charge in [0.15, 0.2) is 0 Å². The Morgan fingerprint density at radius 2 is 1.69 bits per heavy atom. The highest BCUT2D eigenvalue weighted by atomic mass is 127. The maximum atomic E-state index is 14.2. The van der Waals surface area contributed by atoms with Crippen LogP contribution in [0.3, 0.4) is 0 Å². The highest BCUT2D eigenvalue weighted by Crippen LogP contribution is 2.31. The number of likely N-dealkylation sites (tertiary alicyclic amines) is 1. The Balaban J connectivity index is 1.13. The van der Waals surface area contributed by atoms with Crippen molar-refractivity contribution in [3.63, 3.8) is 0 Å². The number of pyridine rings is 1. The summed E-state index contributed by atoms with van der Waals surface area (Å²) in [7, 11) is 0. The van der Waals surface area contributed by atoms with E-state index >= 15 is 0 Å². The van der Waals surface area contributed by atoms with E-state index in [0.717, 1.165) is 22.5 Å². The second-order valence-corrected chi connectivity index (χ2v) is 15.9. The smallest absolute Gasteiger partial charge is 0.322 e. The molecule has 1 aromatic heterocycles. The Hall–Kier alpha value is -4.16. The Morgan fingerprint density at radius 3 is 2.39 bits per heavy atom. The third-order valence-electron chi connectivity index (χ3n) is 10.4. The summed E-state index contributed by atoms with van der Waals surface area (Å²) in [6.45, 7) is 4.11. The molecule has 2 saturated heterocycles. The first-order valence-corrected chi connectivity index (χ1v) is 20.3. The molecular weight excluding hydrogens is 869 g/mol. The number of hydrogen-bond acceptors (Lipinski definition) is 8. The predicted molar refractivity (Wildman–Crippen MR) is 218 cm³/mol. The molecule has 0 bridgehead atoms. The van der Waals surface area contributed by atoms with Crippen molar-refractivity contribution in [3.05, 3.63) is 80.1 Å². The van der Waals surface area contributed by atoms with Gasteiger partial charge in [-0.25, -0.2) is 9.59 Å². The Morgan fingerprint density at radius 1 is 0.963 bits per heavy atom. The lowest BCUT2D eigenvalue weighted by Gasteiger charge is -2.40. The van der Waals surface area contributed by atoms with Crippen LogP contribution in [0.25, 0.3) is 0 Å². The lowest BCUT2D eigenvalue weighted by atomic mass is 10.0. The molecule has 6 amide bonds. The van der Waals surface area contributed by atoms with Crippen molar-refractivity contribution in [2.24, 2.45) is 5.73 Å². The molecule has 3 aliphatic heterocycles. The molecule has 4 heterocycles. The average molecular weight is 917 g/mol. The highest BCUT2D eigenvalue weighted by Gasteiger charge is 2.35. The summed E-state index contributed by atoms with van der Waals surface area (Å²) < 4.78 is 1.07. The van der Waals surface area contributed by atoms with E-state index < -0.39 is 24.0 Å². The number of piperidine rings is 1. The summed E-state index contributed by atoms with van der Waals surface area (Å²) in [6.07, 6.45) is 6.59. The van der Waals surface area contributed by atoms with Crippen LogP contribution >= 0.6 is 38.5 Å². The van der Waals surface area contributed by atoms with E-state index in [4.69, 9.17) is 5.73 Å². The number of halogens is 2. The number of para-hydroxylation sites is 1. The van der Waals surface area contributed by atoms with Crippen LogP contribution in [0.2, 0.25) is 0 Å². The van der Waals surface area contributed by atoms with Gasteiger partial charge in [-0.3, -0.25) is 14.6 Å². The molecule has 0 spiro atoms. The van der Waals surface area contributed by atoms with Crippen molar-refractivity contribution in [1.82, 2.24) is 30.3 Å². The number of phenols is 1. The Bertz CT molecular complexity index is 1780. The molecule has 3 aliphatic rings. The van der Waals surface area contributed by atoms with Crippen molar-refractivity contribution in [2.45, 2.75) is 63.2 Å². The van der Waals surface area contributed by atoms with E-state index in [1.165, 1.54) is 0 Å². The molecule has 16 heteroatoms. The molecule has 2 fully saturated rings. The molecule has 6 rings (SSSR count). The lowest BCUT2D eigenvalue weighted by molar-refractivity contribution is -0.137. The third kappa shape index (κ3) is 9.73. The zero-order chi connectivity index (χ0) is 38.2. The quantitative estimate of drug-likeness (QED) is 0.132. The Labute approximate surface area is 337 Å². The van der Waals surface area contributed by atoms with Crippen molar-refractivity contribution >= 4 is 73.8 Å². The topological polar surface area (TPSA) is 176 Å². The zero-order valence-corrected chi connectivity index (χ0v) is 33.8. The largest absolute Gasteiger partial charge is 0.506 e. The van der Waals surface area contributed by atoms with Gasteiger partial charge in [0.05, 0.1) is 8.04 Å². The first kappa shape index (κ1) is 39.5. The standard InChI is InChI=1S/C38H47BrIN9O5/c39-29-21-25(22-30(40)34(29)50)23-33(45-37(53)48-15-10-28(11-16-48)49-24-26-5-1-2-6-31(26)44-38(49)54)35(51)43-32(7-3-4-12-41)36(52)47-19-17-46(18-20-47)27-8-13-42-14-9-27/h1-2,5-6,8-9,13-14,21-22,28,32-33,50H,3-4,7,10-12,15-20,23-24,41H2,(H,43,51)(H,44,54)(H,45,53). The van der Waals surface area contributed by atoms with Gasteiger partial charge in [-0.15, -0.1) is 0 Å². The molecule has 54 heavy (non-hydrogen) atoms. The number of aromatic nitrogens is 1. The fraction of sp³-hybridized carbons (Fsp3) is 0.447. The molecular formula is C38H47BrIN9O5. The molecule has 0 saturated carbocycles. The van der Waals surface area contributed by atoms with Crippen LogP contribution in [0.5, 0.6) is 5.75 Å². The SMILES string of the molecule is NCCCCC(NC(=O)C(Cc1cc(Br)c(O)c(I)c1)NC(=O)N1CCC(N2Cc3ccccc3NC2=O)CC1)C(=O)N1CCN(c2ccncc2)CC1. The number of rotatable bonds is 12. The molecule has 0 radical (unpaired) electrons. The maximum Gasteiger partial charge on any atom is 0.322 e. The first-order valence-electron chi connectivity index (χ1n) is 18.4. The summed E-state index contributed by atoms with van der Waals surface area (Å²) in [5.74, 6) is -0.538. The van der Waals surface area contributed by atoms with E-state index in [1.54, 1.807) is 34.3 Å². The minimum Gasteiger partial charge on any atom is -0.506 e. The van der Waals surface area contributed by atoms with Crippen molar-refractivity contribution in [3.8, 4) is 5.75 Å². The number of unbranched alkanes of at least 4 members (excludes halogenated alkanes) is 1. The maximum absolute atomic E-state index is 14.2. The molecule has 288 valence electrons. The van der Waals surface area contributed by atoms with Crippen molar-refractivity contribution in [2.75, 3.05) is 56.0 Å². The first-order chi connectivity index (χ1) is 26.1. The number of benzene rings is 2. The van der Waals surface area contributed by atoms with Crippen LogP contribution in [0.4, 0.5) is 21.0 Å². The molecule has 14 nitrogen and oxygen atoms in total. The van der Waals surface area contributed by atoms with E-state index in [1.807, 2.05) is 63.9 Å². The predicted octanol–water partition coefficient (Wildman–Crippen LogP) is 4.25. The number of anilines is 2.